The van der Waals surface area contributed by atoms with Crippen LogP contribution in [0.2, 0.25) is 0 Å². The van der Waals surface area contributed by atoms with Crippen molar-refractivity contribution in [3.63, 3.8) is 0 Å². The maximum Gasteiger partial charge on any atom is 0.244 e. The lowest BCUT2D eigenvalue weighted by Gasteiger charge is -2.43. The smallest absolute Gasteiger partial charge is 0.244 e. The SMILES string of the molecule is COc1cccc(C2NCC3CCCCN3C2=O)c1. The first-order chi connectivity index (χ1) is 9.29. The Morgan fingerprint density at radius 2 is 2.26 bits per heavy atom. The molecular formula is C15H20N2O2. The number of hydrogen-bond acceptors (Lipinski definition) is 3. The summed E-state index contributed by atoms with van der Waals surface area (Å²) in [6, 6.07) is 7.95. The number of carbonyl (C=O) groups excluding carboxylic acids is 1. The van der Waals surface area contributed by atoms with Crippen LogP contribution in [-0.2, 0) is 4.79 Å². The summed E-state index contributed by atoms with van der Waals surface area (Å²) >= 11 is 0. The molecule has 2 aliphatic rings. The number of ether oxygens (including phenoxy) is 1. The highest BCUT2D eigenvalue weighted by Crippen LogP contribution is 2.28. The van der Waals surface area contributed by atoms with Crippen LogP contribution in [0.1, 0.15) is 30.9 Å². The molecule has 0 bridgehead atoms. The van der Waals surface area contributed by atoms with Crippen LogP contribution in [0.3, 0.4) is 0 Å². The number of nitrogens with zero attached hydrogens (tertiary/aromatic N) is 1. The van der Waals surface area contributed by atoms with E-state index in [4.69, 9.17) is 4.74 Å². The van der Waals surface area contributed by atoms with E-state index in [-0.39, 0.29) is 11.9 Å². The highest BCUT2D eigenvalue weighted by atomic mass is 16.5. The summed E-state index contributed by atoms with van der Waals surface area (Å²) in [6.07, 6.45) is 3.50. The summed E-state index contributed by atoms with van der Waals surface area (Å²) in [5, 5.41) is 3.39. The average molecular weight is 260 g/mol. The van der Waals surface area contributed by atoms with Crippen molar-refractivity contribution in [2.75, 3.05) is 20.2 Å². The van der Waals surface area contributed by atoms with Crippen LogP contribution in [0.15, 0.2) is 24.3 Å². The van der Waals surface area contributed by atoms with Crippen molar-refractivity contribution in [3.05, 3.63) is 29.8 Å². The summed E-state index contributed by atoms with van der Waals surface area (Å²) in [5.41, 5.74) is 0.994. The van der Waals surface area contributed by atoms with Gasteiger partial charge in [0.15, 0.2) is 0 Å². The number of methoxy groups -OCH3 is 1. The molecule has 0 saturated carbocycles. The normalized spacial score (nSPS) is 27.0. The van der Waals surface area contributed by atoms with E-state index in [9.17, 15) is 4.79 Å². The Bertz CT molecular complexity index is 475. The molecule has 102 valence electrons. The zero-order valence-corrected chi connectivity index (χ0v) is 11.3. The molecular weight excluding hydrogens is 240 g/mol. The zero-order chi connectivity index (χ0) is 13.2. The van der Waals surface area contributed by atoms with Crippen molar-refractivity contribution in [1.29, 1.82) is 0 Å². The number of piperazine rings is 1. The number of rotatable bonds is 2. The summed E-state index contributed by atoms with van der Waals surface area (Å²) in [7, 11) is 1.65. The molecule has 0 aromatic heterocycles. The van der Waals surface area contributed by atoms with Gasteiger partial charge in [-0.25, -0.2) is 0 Å². The molecule has 1 N–H and O–H groups in total. The standard InChI is InChI=1S/C15H20N2O2/c1-19-13-7-4-5-11(9-13)14-15(18)17-8-3-2-6-12(17)10-16-14/h4-5,7,9,12,14,16H,2-3,6,8,10H2,1H3. The van der Waals surface area contributed by atoms with Crippen molar-refractivity contribution in [2.45, 2.75) is 31.3 Å². The Labute approximate surface area is 113 Å². The number of piperidine rings is 1. The molecule has 2 unspecified atom stereocenters. The molecule has 2 heterocycles. The van der Waals surface area contributed by atoms with E-state index >= 15 is 0 Å². The van der Waals surface area contributed by atoms with E-state index in [1.54, 1.807) is 7.11 Å². The summed E-state index contributed by atoms with van der Waals surface area (Å²) < 4.78 is 5.23. The maximum absolute atomic E-state index is 12.6. The Kier molecular flexibility index (Phi) is 3.42. The second-order valence-electron chi connectivity index (χ2n) is 5.30. The number of fused-ring (bicyclic) bond motifs is 1. The first-order valence-electron chi connectivity index (χ1n) is 6.97. The van der Waals surface area contributed by atoms with Gasteiger partial charge >= 0.3 is 0 Å². The summed E-state index contributed by atoms with van der Waals surface area (Å²) in [4.78, 5) is 14.6. The number of carbonyl (C=O) groups is 1. The molecule has 2 atom stereocenters. The van der Waals surface area contributed by atoms with E-state index < -0.39 is 0 Å². The average Bonchev–Trinajstić information content (AvgIpc) is 2.48. The maximum atomic E-state index is 12.6. The molecule has 0 radical (unpaired) electrons. The summed E-state index contributed by atoms with van der Waals surface area (Å²) in [5.74, 6) is 1.01. The van der Waals surface area contributed by atoms with Crippen LogP contribution in [-0.4, -0.2) is 37.0 Å². The minimum absolute atomic E-state index is 0.212. The number of benzene rings is 1. The lowest BCUT2D eigenvalue weighted by atomic mass is 9.95. The number of hydrogen-bond donors (Lipinski definition) is 1. The van der Waals surface area contributed by atoms with Crippen LogP contribution in [0.5, 0.6) is 5.75 Å². The van der Waals surface area contributed by atoms with Crippen LogP contribution < -0.4 is 10.1 Å². The quantitative estimate of drug-likeness (QED) is 0.880. The van der Waals surface area contributed by atoms with E-state index in [1.165, 1.54) is 6.42 Å². The van der Waals surface area contributed by atoms with Gasteiger partial charge < -0.3 is 15.0 Å². The van der Waals surface area contributed by atoms with Gasteiger partial charge in [-0.05, 0) is 37.0 Å². The van der Waals surface area contributed by atoms with Crippen LogP contribution >= 0.6 is 0 Å². The van der Waals surface area contributed by atoms with Crippen molar-refractivity contribution >= 4 is 5.91 Å². The van der Waals surface area contributed by atoms with Gasteiger partial charge in [0.2, 0.25) is 5.91 Å². The van der Waals surface area contributed by atoms with Gasteiger partial charge in [-0.1, -0.05) is 12.1 Å². The number of nitrogens with one attached hydrogen (secondary N) is 1. The van der Waals surface area contributed by atoms with Crippen molar-refractivity contribution in [1.82, 2.24) is 10.2 Å². The number of amides is 1. The Morgan fingerprint density at radius 1 is 1.37 bits per heavy atom. The van der Waals surface area contributed by atoms with Gasteiger partial charge in [0.1, 0.15) is 11.8 Å². The largest absolute Gasteiger partial charge is 0.497 e. The summed E-state index contributed by atoms with van der Waals surface area (Å²) in [6.45, 7) is 1.80. The minimum Gasteiger partial charge on any atom is -0.497 e. The van der Waals surface area contributed by atoms with Crippen molar-refractivity contribution in [3.8, 4) is 5.75 Å². The fourth-order valence-electron chi connectivity index (χ4n) is 3.09. The molecule has 4 nitrogen and oxygen atoms in total. The molecule has 4 heteroatoms. The molecule has 1 aromatic rings. The molecule has 2 aliphatic heterocycles. The molecule has 0 spiro atoms. The fraction of sp³-hybridized carbons (Fsp3) is 0.533. The highest BCUT2D eigenvalue weighted by Gasteiger charge is 2.36. The first-order valence-corrected chi connectivity index (χ1v) is 6.97. The molecule has 19 heavy (non-hydrogen) atoms. The van der Waals surface area contributed by atoms with Crippen LogP contribution in [0.4, 0.5) is 0 Å². The second kappa shape index (κ2) is 5.21. The molecule has 1 aromatic carbocycles. The van der Waals surface area contributed by atoms with Gasteiger partial charge in [0, 0.05) is 19.1 Å². The van der Waals surface area contributed by atoms with Gasteiger partial charge in [0.05, 0.1) is 7.11 Å². The highest BCUT2D eigenvalue weighted by molar-refractivity contribution is 5.84. The molecule has 2 fully saturated rings. The molecule has 1 amide bonds. The Morgan fingerprint density at radius 3 is 3.11 bits per heavy atom. The third kappa shape index (κ3) is 2.32. The minimum atomic E-state index is -0.218. The van der Waals surface area contributed by atoms with E-state index in [0.29, 0.717) is 6.04 Å². The molecule has 3 rings (SSSR count). The Hall–Kier alpha value is -1.55. The molecule has 2 saturated heterocycles. The topological polar surface area (TPSA) is 41.6 Å². The van der Waals surface area contributed by atoms with Crippen LogP contribution in [0, 0.1) is 0 Å². The third-order valence-corrected chi connectivity index (χ3v) is 4.14. The van der Waals surface area contributed by atoms with E-state index in [1.807, 2.05) is 24.3 Å². The van der Waals surface area contributed by atoms with Crippen molar-refractivity contribution in [2.24, 2.45) is 0 Å². The van der Waals surface area contributed by atoms with E-state index in [0.717, 1.165) is 37.2 Å². The second-order valence-corrected chi connectivity index (χ2v) is 5.30. The van der Waals surface area contributed by atoms with Gasteiger partial charge in [-0.15, -0.1) is 0 Å². The molecule has 0 aliphatic carbocycles. The fourth-order valence-corrected chi connectivity index (χ4v) is 3.09. The zero-order valence-electron chi connectivity index (χ0n) is 11.3. The Balaban J connectivity index is 1.83. The van der Waals surface area contributed by atoms with Gasteiger partial charge in [0.25, 0.3) is 0 Å². The van der Waals surface area contributed by atoms with Gasteiger partial charge in [-0.2, -0.15) is 0 Å². The lowest BCUT2D eigenvalue weighted by Crippen LogP contribution is -2.57. The van der Waals surface area contributed by atoms with Crippen molar-refractivity contribution < 1.29 is 9.53 Å². The first kappa shape index (κ1) is 12.5. The van der Waals surface area contributed by atoms with E-state index in [2.05, 4.69) is 10.2 Å². The van der Waals surface area contributed by atoms with Gasteiger partial charge in [-0.3, -0.25) is 4.79 Å². The monoisotopic (exact) mass is 260 g/mol. The third-order valence-electron chi connectivity index (χ3n) is 4.14. The predicted molar refractivity (Wildman–Crippen MR) is 73.1 cm³/mol. The predicted octanol–water partition coefficient (Wildman–Crippen LogP) is 1.72. The lowest BCUT2D eigenvalue weighted by molar-refractivity contribution is -0.140. The van der Waals surface area contributed by atoms with Crippen LogP contribution in [0.25, 0.3) is 0 Å².